The summed E-state index contributed by atoms with van der Waals surface area (Å²) in [4.78, 5) is 26.4. The van der Waals surface area contributed by atoms with E-state index in [2.05, 4.69) is 10.2 Å². The van der Waals surface area contributed by atoms with E-state index in [1.807, 2.05) is 43.3 Å². The van der Waals surface area contributed by atoms with Crippen LogP contribution in [0.15, 0.2) is 72.3 Å². The predicted molar refractivity (Wildman–Crippen MR) is 144 cm³/mol. The van der Waals surface area contributed by atoms with Crippen molar-refractivity contribution < 1.29 is 18.0 Å². The van der Waals surface area contributed by atoms with Gasteiger partial charge in [0.15, 0.2) is 0 Å². The van der Waals surface area contributed by atoms with E-state index in [9.17, 15) is 18.0 Å². The first-order valence-corrected chi connectivity index (χ1v) is 13.9. The Morgan fingerprint density at radius 2 is 1.89 bits per heavy atom. The Kier molecular flexibility index (Phi) is 8.25. The van der Waals surface area contributed by atoms with Crippen LogP contribution in [-0.4, -0.2) is 45.5 Å². The molecule has 0 bridgehead atoms. The van der Waals surface area contributed by atoms with Crippen molar-refractivity contribution in [1.29, 1.82) is 0 Å². The summed E-state index contributed by atoms with van der Waals surface area (Å²) in [6.45, 7) is 3.53. The molecule has 0 radical (unpaired) electrons. The summed E-state index contributed by atoms with van der Waals surface area (Å²) >= 11 is 0. The van der Waals surface area contributed by atoms with Crippen molar-refractivity contribution in [2.24, 2.45) is 0 Å². The van der Waals surface area contributed by atoms with Crippen LogP contribution >= 0.6 is 0 Å². The number of anilines is 2. The van der Waals surface area contributed by atoms with E-state index in [1.54, 1.807) is 30.3 Å². The summed E-state index contributed by atoms with van der Waals surface area (Å²) in [5.74, 6) is -0.407. The Balaban J connectivity index is 1.62. The number of nitrogens with zero attached hydrogens (tertiary/aromatic N) is 2. The number of carbonyl (C=O) groups excluding carboxylic acids is 2. The van der Waals surface area contributed by atoms with Crippen LogP contribution < -0.4 is 14.5 Å². The van der Waals surface area contributed by atoms with Gasteiger partial charge >= 0.3 is 0 Å². The van der Waals surface area contributed by atoms with Crippen molar-refractivity contribution in [3.8, 4) is 0 Å². The molecule has 190 valence electrons. The van der Waals surface area contributed by atoms with Crippen LogP contribution in [-0.2, 0) is 21.4 Å². The quantitative estimate of drug-likeness (QED) is 0.514. The van der Waals surface area contributed by atoms with Crippen LogP contribution in [0.5, 0.6) is 0 Å². The summed E-state index contributed by atoms with van der Waals surface area (Å²) in [5.41, 5.74) is 3.67. The van der Waals surface area contributed by atoms with Crippen LogP contribution in [0.25, 0.3) is 0 Å². The van der Waals surface area contributed by atoms with Crippen LogP contribution in [0.3, 0.4) is 0 Å². The Hall–Kier alpha value is -3.39. The maximum Gasteiger partial charge on any atom is 0.242 e. The third-order valence-corrected chi connectivity index (χ3v) is 8.70. The molecule has 1 saturated heterocycles. The fourth-order valence-electron chi connectivity index (χ4n) is 4.64. The van der Waals surface area contributed by atoms with Crippen LogP contribution in [0.2, 0.25) is 0 Å². The van der Waals surface area contributed by atoms with E-state index in [4.69, 9.17) is 0 Å². The van der Waals surface area contributed by atoms with E-state index in [0.717, 1.165) is 55.5 Å². The van der Waals surface area contributed by atoms with E-state index in [0.29, 0.717) is 17.7 Å². The van der Waals surface area contributed by atoms with Crippen molar-refractivity contribution in [1.82, 2.24) is 5.32 Å². The summed E-state index contributed by atoms with van der Waals surface area (Å²) in [5, 5.41) is 2.08. The Labute approximate surface area is 213 Å². The average Bonchev–Trinajstić information content (AvgIpc) is 2.91. The normalized spacial score (nSPS) is 17.9. The number of carbonyl (C=O) groups is 2. The number of nitrogens with one attached hydrogen (secondary N) is 1. The second-order valence-electron chi connectivity index (χ2n) is 9.31. The molecule has 1 amide bonds. The lowest BCUT2D eigenvalue weighted by Gasteiger charge is -2.35. The number of sulfonamides is 1. The zero-order valence-electron chi connectivity index (χ0n) is 20.6. The van der Waals surface area contributed by atoms with Crippen molar-refractivity contribution in [3.63, 3.8) is 0 Å². The SMILES string of the molecule is CC1=CCC(S(=O)(=O)N(CC(=O)NCc2cccc(C=O)c2)c2ccccc2N2CCCCC2)C=C1. The molecule has 0 aromatic heterocycles. The molecule has 8 heteroatoms. The molecule has 1 N–H and O–H groups in total. The second-order valence-corrected chi connectivity index (χ2v) is 11.4. The van der Waals surface area contributed by atoms with Crippen molar-refractivity contribution in [2.75, 3.05) is 28.8 Å². The topological polar surface area (TPSA) is 86.8 Å². The standard InChI is InChI=1S/C28H33N3O4S/c1-22-12-14-25(15-13-22)36(34,35)31(20-28(33)29-19-23-8-7-9-24(18-23)21-32)27-11-4-3-10-26(27)30-16-5-2-6-17-30/h3-4,7-14,18,21,25H,2,5-6,15-17,19-20H2,1H3,(H,29,33). The van der Waals surface area contributed by atoms with E-state index >= 15 is 0 Å². The minimum atomic E-state index is -3.88. The van der Waals surface area contributed by atoms with E-state index in [-0.39, 0.29) is 13.1 Å². The second kappa shape index (κ2) is 11.6. The number of amides is 1. The molecular formula is C28H33N3O4S. The summed E-state index contributed by atoms with van der Waals surface area (Å²) < 4.78 is 29.1. The number of piperidine rings is 1. The molecule has 1 fully saturated rings. The van der Waals surface area contributed by atoms with Crippen LogP contribution in [0.4, 0.5) is 11.4 Å². The van der Waals surface area contributed by atoms with Gasteiger partial charge in [-0.1, -0.05) is 54.1 Å². The molecule has 0 spiro atoms. The lowest BCUT2D eigenvalue weighted by atomic mass is 10.1. The van der Waals surface area contributed by atoms with Gasteiger partial charge in [0.1, 0.15) is 18.1 Å². The molecule has 36 heavy (non-hydrogen) atoms. The lowest BCUT2D eigenvalue weighted by molar-refractivity contribution is -0.119. The van der Waals surface area contributed by atoms with E-state index in [1.165, 1.54) is 4.31 Å². The monoisotopic (exact) mass is 507 g/mol. The number of allylic oxidation sites excluding steroid dienone is 3. The van der Waals surface area contributed by atoms with Gasteiger partial charge in [0.25, 0.3) is 0 Å². The molecule has 1 aliphatic carbocycles. The van der Waals surface area contributed by atoms with Gasteiger partial charge in [-0.25, -0.2) is 8.42 Å². The fourth-order valence-corrected chi connectivity index (χ4v) is 6.31. The molecule has 0 saturated carbocycles. The molecule has 1 aliphatic heterocycles. The Bertz CT molecular complexity index is 1260. The molecule has 2 aliphatic rings. The zero-order chi connectivity index (χ0) is 25.5. The average molecular weight is 508 g/mol. The van der Waals surface area contributed by atoms with Gasteiger partial charge < -0.3 is 10.2 Å². The van der Waals surface area contributed by atoms with Crippen LogP contribution in [0.1, 0.15) is 48.5 Å². The highest BCUT2D eigenvalue weighted by atomic mass is 32.2. The van der Waals surface area contributed by atoms with E-state index < -0.39 is 21.2 Å². The van der Waals surface area contributed by atoms with Gasteiger partial charge in [0.2, 0.25) is 15.9 Å². The molecule has 1 heterocycles. The number of hydrogen-bond acceptors (Lipinski definition) is 5. The van der Waals surface area contributed by atoms with Crippen molar-refractivity contribution in [3.05, 3.63) is 83.5 Å². The zero-order valence-corrected chi connectivity index (χ0v) is 21.4. The number of rotatable bonds is 9. The fraction of sp³-hybridized carbons (Fsp3) is 0.357. The molecular weight excluding hydrogens is 474 g/mol. The highest BCUT2D eigenvalue weighted by molar-refractivity contribution is 7.93. The van der Waals surface area contributed by atoms with Gasteiger partial charge in [-0.2, -0.15) is 0 Å². The Morgan fingerprint density at radius 3 is 2.61 bits per heavy atom. The highest BCUT2D eigenvalue weighted by Gasteiger charge is 2.34. The summed E-state index contributed by atoms with van der Waals surface area (Å²) in [6.07, 6.45) is 9.83. The largest absolute Gasteiger partial charge is 0.370 e. The first-order chi connectivity index (χ1) is 17.4. The molecule has 4 rings (SSSR count). The van der Waals surface area contributed by atoms with Crippen molar-refractivity contribution in [2.45, 2.75) is 44.4 Å². The van der Waals surface area contributed by atoms with Gasteiger partial charge in [-0.15, -0.1) is 0 Å². The lowest BCUT2D eigenvalue weighted by Crippen LogP contribution is -2.45. The molecule has 2 aromatic rings. The first-order valence-electron chi connectivity index (χ1n) is 12.4. The number of hydrogen-bond donors (Lipinski definition) is 1. The third-order valence-electron chi connectivity index (χ3n) is 6.65. The summed E-state index contributed by atoms with van der Waals surface area (Å²) in [7, 11) is -3.88. The van der Waals surface area contributed by atoms with Gasteiger partial charge in [-0.05, 0) is 56.4 Å². The van der Waals surface area contributed by atoms with Gasteiger partial charge in [0.05, 0.1) is 11.4 Å². The smallest absolute Gasteiger partial charge is 0.242 e. The van der Waals surface area contributed by atoms with Gasteiger partial charge in [-0.3, -0.25) is 13.9 Å². The Morgan fingerprint density at radius 1 is 1.11 bits per heavy atom. The molecule has 7 nitrogen and oxygen atoms in total. The molecule has 1 atom stereocenters. The van der Waals surface area contributed by atoms with Crippen LogP contribution in [0, 0.1) is 0 Å². The van der Waals surface area contributed by atoms with Gasteiger partial charge in [0, 0.05) is 25.2 Å². The molecule has 1 unspecified atom stereocenters. The minimum Gasteiger partial charge on any atom is -0.370 e. The summed E-state index contributed by atoms with van der Waals surface area (Å²) in [6, 6.07) is 14.4. The number of para-hydroxylation sites is 2. The third kappa shape index (κ3) is 6.05. The maximum atomic E-state index is 13.9. The minimum absolute atomic E-state index is 0.202. The first kappa shape index (κ1) is 25.7. The number of aldehydes is 1. The predicted octanol–water partition coefficient (Wildman–Crippen LogP) is 4.22. The highest BCUT2D eigenvalue weighted by Crippen LogP contribution is 2.35. The maximum absolute atomic E-state index is 13.9. The molecule has 2 aromatic carbocycles. The number of benzene rings is 2. The van der Waals surface area contributed by atoms with Crippen molar-refractivity contribution >= 4 is 33.6 Å².